The fourth-order valence-electron chi connectivity index (χ4n) is 3.11. The predicted octanol–water partition coefficient (Wildman–Crippen LogP) is 3.27. The minimum Gasteiger partial charge on any atom is -0.475 e. The number of hydrogen-bond donors (Lipinski definition) is 1. The maximum Gasteiger partial charge on any atom is 0.490 e. The summed E-state index contributed by atoms with van der Waals surface area (Å²) in [6.07, 6.45) is -2.28. The number of alkyl halides is 3. The first-order chi connectivity index (χ1) is 15.4. The number of fused-ring (bicyclic) bond motifs is 1. The number of aliphatic carboxylic acids is 1. The third-order valence-corrected chi connectivity index (χ3v) is 5.27. The van der Waals surface area contributed by atoms with Crippen molar-refractivity contribution in [3.63, 3.8) is 0 Å². The molecule has 3 rings (SSSR count). The molecule has 0 atom stereocenters. The van der Waals surface area contributed by atoms with Crippen LogP contribution >= 0.6 is 0 Å². The summed E-state index contributed by atoms with van der Waals surface area (Å²) in [4.78, 5) is 30.6. The molecule has 1 aromatic heterocycles. The van der Waals surface area contributed by atoms with E-state index in [1.807, 2.05) is 11.2 Å². The van der Waals surface area contributed by atoms with E-state index in [0.717, 1.165) is 37.4 Å². The molecule has 2 heterocycles. The summed E-state index contributed by atoms with van der Waals surface area (Å²) in [5.74, 6) is -2.75. The Kier molecular flexibility index (Phi) is 8.59. The summed E-state index contributed by atoms with van der Waals surface area (Å²) < 4.78 is 33.9. The van der Waals surface area contributed by atoms with Crippen LogP contribution in [0.3, 0.4) is 0 Å². The molecule has 1 aliphatic rings. The van der Waals surface area contributed by atoms with Crippen molar-refractivity contribution in [2.24, 2.45) is 0 Å². The second-order valence-corrected chi connectivity index (χ2v) is 7.91. The average molecular weight is 465 g/mol. The highest BCUT2D eigenvalue weighted by molar-refractivity contribution is 5.94. The molecule has 0 unspecified atom stereocenters. The van der Waals surface area contributed by atoms with Gasteiger partial charge in [0.15, 0.2) is 0 Å². The molecule has 0 fully saturated rings. The van der Waals surface area contributed by atoms with Crippen LogP contribution in [0.1, 0.15) is 47.6 Å². The van der Waals surface area contributed by atoms with Crippen molar-refractivity contribution in [1.82, 2.24) is 19.4 Å². The molecule has 0 aliphatic carbocycles. The molecule has 11 heteroatoms. The topological polar surface area (TPSA) is 102 Å². The summed E-state index contributed by atoms with van der Waals surface area (Å²) >= 11 is 0. The van der Waals surface area contributed by atoms with Gasteiger partial charge in [0.25, 0.3) is 5.91 Å². The summed E-state index contributed by atoms with van der Waals surface area (Å²) in [5.41, 5.74) is 3.35. The lowest BCUT2D eigenvalue weighted by atomic mass is 10.1. The molecule has 0 saturated carbocycles. The first-order valence-electron chi connectivity index (χ1n) is 10.3. The van der Waals surface area contributed by atoms with Crippen LogP contribution in [0.2, 0.25) is 0 Å². The Labute approximate surface area is 189 Å². The lowest BCUT2D eigenvalue weighted by Crippen LogP contribution is -2.32. The Hall–Kier alpha value is -3.39. The Morgan fingerprint density at radius 2 is 1.85 bits per heavy atom. The monoisotopic (exact) mass is 465 g/mol. The SMILES string of the molecule is CC(C)N(C)Cc1ncn2c1CN(C(=O)c1ccc(C#N)cc1)CCC2.O=C(O)C(F)(F)F. The molecular formula is C22H26F3N5O3. The van der Waals surface area contributed by atoms with E-state index in [9.17, 15) is 18.0 Å². The van der Waals surface area contributed by atoms with E-state index in [4.69, 9.17) is 15.2 Å². The van der Waals surface area contributed by atoms with Gasteiger partial charge in [0.2, 0.25) is 0 Å². The number of hydrogen-bond acceptors (Lipinski definition) is 5. The molecule has 1 amide bonds. The second-order valence-electron chi connectivity index (χ2n) is 7.91. The Bertz CT molecular complexity index is 1010. The van der Waals surface area contributed by atoms with E-state index in [-0.39, 0.29) is 5.91 Å². The number of amides is 1. The van der Waals surface area contributed by atoms with Crippen molar-refractivity contribution < 1.29 is 27.9 Å². The predicted molar refractivity (Wildman–Crippen MR) is 113 cm³/mol. The highest BCUT2D eigenvalue weighted by Gasteiger charge is 2.38. The molecule has 0 radical (unpaired) electrons. The number of benzene rings is 1. The van der Waals surface area contributed by atoms with Crippen molar-refractivity contribution in [2.45, 2.75) is 52.1 Å². The van der Waals surface area contributed by atoms with Gasteiger partial charge < -0.3 is 14.6 Å². The minimum atomic E-state index is -5.08. The zero-order chi connectivity index (χ0) is 24.8. The van der Waals surface area contributed by atoms with Crippen molar-refractivity contribution in [3.05, 3.63) is 53.1 Å². The van der Waals surface area contributed by atoms with E-state index in [0.29, 0.717) is 23.7 Å². The molecule has 2 aromatic rings. The molecule has 0 saturated heterocycles. The van der Waals surface area contributed by atoms with Gasteiger partial charge in [0.1, 0.15) is 0 Å². The molecule has 178 valence electrons. The number of carbonyl (C=O) groups is 2. The van der Waals surface area contributed by atoms with Crippen molar-refractivity contribution in [3.8, 4) is 6.07 Å². The van der Waals surface area contributed by atoms with Gasteiger partial charge in [-0.15, -0.1) is 0 Å². The number of carboxylic acid groups (broad SMARTS) is 1. The van der Waals surface area contributed by atoms with Gasteiger partial charge in [-0.05, 0) is 51.6 Å². The molecule has 33 heavy (non-hydrogen) atoms. The third-order valence-electron chi connectivity index (χ3n) is 5.27. The number of carboxylic acids is 1. The first kappa shape index (κ1) is 25.9. The number of carbonyl (C=O) groups excluding carboxylic acids is 1. The molecule has 1 aliphatic heterocycles. The minimum absolute atomic E-state index is 0.00676. The van der Waals surface area contributed by atoms with Crippen LogP contribution < -0.4 is 0 Å². The second kappa shape index (κ2) is 11.0. The summed E-state index contributed by atoms with van der Waals surface area (Å²) in [7, 11) is 2.09. The number of nitriles is 1. The van der Waals surface area contributed by atoms with Crippen molar-refractivity contribution in [2.75, 3.05) is 13.6 Å². The summed E-state index contributed by atoms with van der Waals surface area (Å²) in [6.45, 7) is 7.27. The fourth-order valence-corrected chi connectivity index (χ4v) is 3.11. The molecule has 0 bridgehead atoms. The fraction of sp³-hybridized carbons (Fsp3) is 0.455. The van der Waals surface area contributed by atoms with E-state index >= 15 is 0 Å². The van der Waals surface area contributed by atoms with Crippen molar-refractivity contribution in [1.29, 1.82) is 5.26 Å². The smallest absolute Gasteiger partial charge is 0.475 e. The zero-order valence-electron chi connectivity index (χ0n) is 18.6. The van der Waals surface area contributed by atoms with Gasteiger partial charge in [0, 0.05) is 31.2 Å². The number of aromatic nitrogens is 2. The molecule has 1 aromatic carbocycles. The number of imidazole rings is 1. The van der Waals surface area contributed by atoms with E-state index < -0.39 is 12.1 Å². The highest BCUT2D eigenvalue weighted by Crippen LogP contribution is 2.20. The maximum atomic E-state index is 12.9. The zero-order valence-corrected chi connectivity index (χ0v) is 18.6. The normalized spacial score (nSPS) is 13.6. The lowest BCUT2D eigenvalue weighted by Gasteiger charge is -2.23. The molecule has 0 spiro atoms. The van der Waals surface area contributed by atoms with Gasteiger partial charge >= 0.3 is 12.1 Å². The van der Waals surface area contributed by atoms with Gasteiger partial charge in [-0.2, -0.15) is 18.4 Å². The molecule has 8 nitrogen and oxygen atoms in total. The third kappa shape index (κ3) is 7.05. The van der Waals surface area contributed by atoms with Gasteiger partial charge in [-0.3, -0.25) is 9.69 Å². The van der Waals surface area contributed by atoms with Gasteiger partial charge in [-0.1, -0.05) is 0 Å². The average Bonchev–Trinajstić information content (AvgIpc) is 3.00. The van der Waals surface area contributed by atoms with Crippen molar-refractivity contribution >= 4 is 11.9 Å². The lowest BCUT2D eigenvalue weighted by molar-refractivity contribution is -0.192. The van der Waals surface area contributed by atoms with Crippen LogP contribution in [0.25, 0.3) is 0 Å². The van der Waals surface area contributed by atoms with Crippen LogP contribution in [-0.4, -0.2) is 62.1 Å². The first-order valence-corrected chi connectivity index (χ1v) is 10.3. The number of rotatable bonds is 4. The van der Waals surface area contributed by atoms with Gasteiger partial charge in [0.05, 0.1) is 35.9 Å². The molecule has 1 N–H and O–H groups in total. The van der Waals surface area contributed by atoms with Crippen LogP contribution in [0.5, 0.6) is 0 Å². The van der Waals surface area contributed by atoms with Gasteiger partial charge in [-0.25, -0.2) is 9.78 Å². The van der Waals surface area contributed by atoms with E-state index in [1.54, 1.807) is 24.3 Å². The number of nitrogens with zero attached hydrogens (tertiary/aromatic N) is 5. The Morgan fingerprint density at radius 3 is 2.36 bits per heavy atom. The Morgan fingerprint density at radius 1 is 1.24 bits per heavy atom. The van der Waals surface area contributed by atoms with Crippen LogP contribution in [0.15, 0.2) is 30.6 Å². The standard InChI is InChI=1S/C20H25N5O.C2HF3O2/c1-15(2)23(3)12-18-19-13-24(9-4-10-25(19)14-22-18)20(26)17-7-5-16(11-21)6-8-17;3-2(4,5)1(6)7/h5-8,14-15H,4,9-10,12-13H2,1-3H3;(H,6,7). The number of aryl methyl sites for hydroxylation is 1. The quantitative estimate of drug-likeness (QED) is 0.744. The summed E-state index contributed by atoms with van der Waals surface area (Å²) in [6, 6.07) is 9.38. The van der Waals surface area contributed by atoms with Crippen LogP contribution in [0, 0.1) is 11.3 Å². The number of halogens is 3. The Balaban J connectivity index is 0.000000479. The largest absolute Gasteiger partial charge is 0.490 e. The molecular weight excluding hydrogens is 439 g/mol. The van der Waals surface area contributed by atoms with Crippen LogP contribution in [0.4, 0.5) is 13.2 Å². The maximum absolute atomic E-state index is 12.9. The van der Waals surface area contributed by atoms with E-state index in [2.05, 4.69) is 41.4 Å². The highest BCUT2D eigenvalue weighted by atomic mass is 19.4. The summed E-state index contributed by atoms with van der Waals surface area (Å²) in [5, 5.41) is 16.0. The van der Waals surface area contributed by atoms with E-state index in [1.165, 1.54) is 0 Å². The van der Waals surface area contributed by atoms with Crippen LogP contribution in [-0.2, 0) is 24.4 Å².